The van der Waals surface area contributed by atoms with Gasteiger partial charge in [-0.25, -0.2) is 4.68 Å². The van der Waals surface area contributed by atoms with Crippen molar-refractivity contribution in [1.82, 2.24) is 20.0 Å². The molecule has 0 radical (unpaired) electrons. The van der Waals surface area contributed by atoms with E-state index >= 15 is 0 Å². The maximum Gasteiger partial charge on any atom is 0.251 e. The van der Waals surface area contributed by atoms with Gasteiger partial charge in [-0.15, -0.1) is 0 Å². The number of amides is 1. The molecule has 1 aliphatic carbocycles. The maximum atomic E-state index is 12.3. The highest BCUT2D eigenvalue weighted by atomic mass is 16.3. The summed E-state index contributed by atoms with van der Waals surface area (Å²) >= 11 is 0. The van der Waals surface area contributed by atoms with E-state index in [4.69, 9.17) is 4.42 Å². The van der Waals surface area contributed by atoms with Crippen LogP contribution in [0.2, 0.25) is 0 Å². The molecule has 162 valence electrons. The van der Waals surface area contributed by atoms with E-state index in [-0.39, 0.29) is 5.91 Å². The molecule has 1 aliphatic rings. The van der Waals surface area contributed by atoms with E-state index < -0.39 is 0 Å². The molecule has 32 heavy (non-hydrogen) atoms. The van der Waals surface area contributed by atoms with E-state index in [0.29, 0.717) is 18.2 Å². The average molecular weight is 427 g/mol. The number of hydrogen-bond donors (Lipinski definition) is 1. The molecule has 1 fully saturated rings. The molecule has 2 aromatic heterocycles. The predicted octanol–water partition coefficient (Wildman–Crippen LogP) is 4.56. The van der Waals surface area contributed by atoms with Gasteiger partial charge >= 0.3 is 0 Å². The number of carbonyl (C=O) groups excluding carboxylic acids is 1. The highest BCUT2D eigenvalue weighted by molar-refractivity contribution is 5.94. The monoisotopic (exact) mass is 426 g/mol. The van der Waals surface area contributed by atoms with E-state index in [2.05, 4.69) is 39.6 Å². The van der Waals surface area contributed by atoms with E-state index in [0.717, 1.165) is 42.9 Å². The van der Waals surface area contributed by atoms with Crippen molar-refractivity contribution in [3.63, 3.8) is 0 Å². The molecule has 0 spiro atoms. The molecular weight excluding hydrogens is 400 g/mol. The molecule has 4 aromatic rings. The minimum absolute atomic E-state index is 0.0174. The zero-order valence-electron chi connectivity index (χ0n) is 17.9. The summed E-state index contributed by atoms with van der Waals surface area (Å²) in [4.78, 5) is 14.6. The average Bonchev–Trinajstić information content (AvgIpc) is 3.24. The van der Waals surface area contributed by atoms with Gasteiger partial charge in [-0.1, -0.05) is 24.3 Å². The summed E-state index contributed by atoms with van der Waals surface area (Å²) in [5.41, 5.74) is 4.13. The number of rotatable bonds is 9. The van der Waals surface area contributed by atoms with Gasteiger partial charge in [0.25, 0.3) is 5.91 Å². The lowest BCUT2D eigenvalue weighted by Gasteiger charge is -2.22. The third-order valence-corrected chi connectivity index (χ3v) is 5.61. The summed E-state index contributed by atoms with van der Waals surface area (Å²) in [7, 11) is 0. The second-order valence-electron chi connectivity index (χ2n) is 8.29. The Morgan fingerprint density at radius 3 is 2.28 bits per heavy atom. The first-order valence-corrected chi connectivity index (χ1v) is 11.0. The first-order chi connectivity index (χ1) is 15.7. The lowest BCUT2D eigenvalue weighted by molar-refractivity contribution is 0.0951. The summed E-state index contributed by atoms with van der Waals surface area (Å²) in [6.45, 7) is 2.24. The highest BCUT2D eigenvalue weighted by Gasteiger charge is 2.23. The van der Waals surface area contributed by atoms with Crippen LogP contribution in [0.4, 0.5) is 0 Å². The van der Waals surface area contributed by atoms with Gasteiger partial charge in [-0.3, -0.25) is 9.69 Å². The predicted molar refractivity (Wildman–Crippen MR) is 122 cm³/mol. The van der Waals surface area contributed by atoms with Crippen LogP contribution in [-0.2, 0) is 19.6 Å². The maximum absolute atomic E-state index is 12.3. The van der Waals surface area contributed by atoms with Crippen LogP contribution in [0.1, 0.15) is 40.1 Å². The quantitative estimate of drug-likeness (QED) is 0.426. The summed E-state index contributed by atoms with van der Waals surface area (Å²) < 4.78 is 7.45. The van der Waals surface area contributed by atoms with E-state index in [1.54, 1.807) is 12.5 Å². The number of furan rings is 1. The molecule has 0 saturated heterocycles. The normalized spacial score (nSPS) is 13.4. The van der Waals surface area contributed by atoms with Gasteiger partial charge in [-0.05, 0) is 66.4 Å². The lowest BCUT2D eigenvalue weighted by atomic mass is 10.1. The molecule has 6 heteroatoms. The van der Waals surface area contributed by atoms with Crippen molar-refractivity contribution in [1.29, 1.82) is 0 Å². The van der Waals surface area contributed by atoms with Crippen molar-refractivity contribution < 1.29 is 9.21 Å². The Morgan fingerprint density at radius 1 is 0.969 bits per heavy atom. The van der Waals surface area contributed by atoms with Gasteiger partial charge in [0.05, 0.1) is 18.5 Å². The Morgan fingerprint density at radius 2 is 1.69 bits per heavy atom. The van der Waals surface area contributed by atoms with E-state index in [1.165, 1.54) is 5.56 Å². The van der Waals surface area contributed by atoms with Crippen molar-refractivity contribution in [2.24, 2.45) is 0 Å². The Hall–Kier alpha value is -3.64. The fourth-order valence-corrected chi connectivity index (χ4v) is 3.74. The number of carbonyl (C=O) groups is 1. The first kappa shape index (κ1) is 20.3. The Balaban J connectivity index is 1.28. The van der Waals surface area contributed by atoms with Crippen molar-refractivity contribution in [2.45, 2.75) is 38.5 Å². The van der Waals surface area contributed by atoms with Crippen molar-refractivity contribution in [2.75, 3.05) is 0 Å². The van der Waals surface area contributed by atoms with Crippen LogP contribution in [0, 0.1) is 0 Å². The molecule has 1 N–H and O–H groups in total. The number of nitrogens with one attached hydrogen (secondary N) is 1. The summed E-state index contributed by atoms with van der Waals surface area (Å²) in [6, 6.07) is 22.5. The van der Waals surface area contributed by atoms with Crippen LogP contribution >= 0.6 is 0 Å². The third kappa shape index (κ3) is 5.15. The molecule has 0 bridgehead atoms. The number of hydrogen-bond acceptors (Lipinski definition) is 4. The minimum Gasteiger partial charge on any atom is -0.468 e. The Bertz CT molecular complexity index is 1130. The smallest absolute Gasteiger partial charge is 0.251 e. The molecule has 0 unspecified atom stereocenters. The fraction of sp³-hybridized carbons (Fsp3) is 0.231. The number of benzene rings is 2. The van der Waals surface area contributed by atoms with Gasteiger partial charge < -0.3 is 9.73 Å². The van der Waals surface area contributed by atoms with E-state index in [9.17, 15) is 4.79 Å². The van der Waals surface area contributed by atoms with Crippen molar-refractivity contribution >= 4 is 5.91 Å². The summed E-state index contributed by atoms with van der Waals surface area (Å²) in [6.07, 6.45) is 7.61. The minimum atomic E-state index is 0.0174. The molecule has 1 amide bonds. The molecule has 5 rings (SSSR count). The van der Waals surface area contributed by atoms with Gasteiger partial charge in [0, 0.05) is 37.1 Å². The lowest BCUT2D eigenvalue weighted by Crippen LogP contribution is -2.25. The molecule has 6 nitrogen and oxygen atoms in total. The zero-order valence-corrected chi connectivity index (χ0v) is 17.9. The van der Waals surface area contributed by atoms with Crippen LogP contribution in [0.5, 0.6) is 0 Å². The SMILES string of the molecule is O=C(NC1CC1)c1ccc(CN(Cc2ccc(-n3cccn3)cc2)Cc2ccco2)cc1. The van der Waals surface area contributed by atoms with Crippen LogP contribution in [0.15, 0.2) is 89.8 Å². The summed E-state index contributed by atoms with van der Waals surface area (Å²) in [5, 5.41) is 7.33. The standard InChI is InChI=1S/C26H26N4O2/c31-26(28-23-10-11-23)22-8-4-20(5-9-22)17-29(19-25-3-1-16-32-25)18-21-6-12-24(13-7-21)30-15-2-14-27-30/h1-9,12-16,23H,10-11,17-19H2,(H,28,31). The molecule has 2 heterocycles. The highest BCUT2D eigenvalue weighted by Crippen LogP contribution is 2.20. The van der Waals surface area contributed by atoms with Gasteiger partial charge in [0.2, 0.25) is 0 Å². The van der Waals surface area contributed by atoms with Crippen LogP contribution in [-0.4, -0.2) is 26.6 Å². The molecule has 1 saturated carbocycles. The fourth-order valence-electron chi connectivity index (χ4n) is 3.74. The topological polar surface area (TPSA) is 63.3 Å². The molecule has 0 atom stereocenters. The van der Waals surface area contributed by atoms with Gasteiger partial charge in [-0.2, -0.15) is 5.10 Å². The third-order valence-electron chi connectivity index (χ3n) is 5.61. The van der Waals surface area contributed by atoms with E-state index in [1.807, 2.05) is 53.3 Å². The van der Waals surface area contributed by atoms with Crippen molar-refractivity contribution in [3.8, 4) is 5.69 Å². The molecule has 2 aromatic carbocycles. The largest absolute Gasteiger partial charge is 0.468 e. The van der Waals surface area contributed by atoms with Crippen LogP contribution in [0.25, 0.3) is 5.69 Å². The first-order valence-electron chi connectivity index (χ1n) is 11.0. The van der Waals surface area contributed by atoms with Crippen molar-refractivity contribution in [3.05, 3.63) is 108 Å². The van der Waals surface area contributed by atoms with Crippen LogP contribution in [0.3, 0.4) is 0 Å². The molecular formula is C26H26N4O2. The number of aromatic nitrogens is 2. The molecule has 0 aliphatic heterocycles. The Kier molecular flexibility index (Phi) is 5.85. The van der Waals surface area contributed by atoms with Crippen LogP contribution < -0.4 is 5.32 Å². The van der Waals surface area contributed by atoms with Gasteiger partial charge in [0.15, 0.2) is 0 Å². The second-order valence-corrected chi connectivity index (χ2v) is 8.29. The van der Waals surface area contributed by atoms with Gasteiger partial charge in [0.1, 0.15) is 5.76 Å². The number of nitrogens with zero attached hydrogens (tertiary/aromatic N) is 3. The second kappa shape index (κ2) is 9.24. The zero-order chi connectivity index (χ0) is 21.8. The Labute approximate surface area is 187 Å². The summed E-state index contributed by atoms with van der Waals surface area (Å²) in [5.74, 6) is 0.947.